The molecule has 18 heavy (non-hydrogen) atoms. The van der Waals surface area contributed by atoms with Gasteiger partial charge in [0.1, 0.15) is 6.04 Å². The van der Waals surface area contributed by atoms with Crippen LogP contribution in [0.25, 0.3) is 0 Å². The Morgan fingerprint density at radius 3 is 2.83 bits per heavy atom. The Bertz CT molecular complexity index is 471. The molecule has 1 heterocycles. The fourth-order valence-electron chi connectivity index (χ4n) is 1.31. The highest BCUT2D eigenvalue weighted by atomic mass is 32.2. The Hall–Kier alpha value is -0.960. The highest BCUT2D eigenvalue weighted by Gasteiger charge is 2.17. The first-order valence-electron chi connectivity index (χ1n) is 5.50. The molecule has 1 aromatic heterocycles. The third-order valence-electron chi connectivity index (χ3n) is 2.17. The summed E-state index contributed by atoms with van der Waals surface area (Å²) in [7, 11) is -3.31. The average molecular weight is 291 g/mol. The molecule has 0 saturated heterocycles. The van der Waals surface area contributed by atoms with Crippen molar-refractivity contribution in [3.05, 3.63) is 22.4 Å². The van der Waals surface area contributed by atoms with Crippen molar-refractivity contribution in [3.8, 4) is 0 Å². The lowest BCUT2D eigenvalue weighted by molar-refractivity contribution is -0.122. The van der Waals surface area contributed by atoms with Crippen molar-refractivity contribution in [3.63, 3.8) is 0 Å². The number of carbonyl (C=O) groups is 1. The van der Waals surface area contributed by atoms with Crippen molar-refractivity contribution in [2.45, 2.75) is 13.0 Å². The molecular weight excluding hydrogens is 274 g/mol. The summed E-state index contributed by atoms with van der Waals surface area (Å²) in [5, 5.41) is 4.34. The van der Waals surface area contributed by atoms with Crippen LogP contribution in [-0.2, 0) is 14.8 Å². The number of nitrogens with one attached hydrogen (secondary N) is 2. The highest BCUT2D eigenvalue weighted by molar-refractivity contribution is 7.89. The van der Waals surface area contributed by atoms with E-state index in [-0.39, 0.29) is 18.2 Å². The first-order chi connectivity index (χ1) is 8.46. The minimum Gasteiger partial charge on any atom is -0.353 e. The maximum Gasteiger partial charge on any atom is 0.242 e. The Morgan fingerprint density at radius 2 is 2.28 bits per heavy atom. The van der Waals surface area contributed by atoms with E-state index in [4.69, 9.17) is 5.73 Å². The van der Waals surface area contributed by atoms with E-state index in [1.54, 1.807) is 13.0 Å². The van der Waals surface area contributed by atoms with Crippen LogP contribution in [0.4, 0.5) is 0 Å². The zero-order valence-electron chi connectivity index (χ0n) is 10.0. The second-order valence-electron chi connectivity index (χ2n) is 3.60. The maximum absolute atomic E-state index is 11.6. The molecule has 0 fully saturated rings. The van der Waals surface area contributed by atoms with Crippen molar-refractivity contribution in [1.29, 1.82) is 0 Å². The summed E-state index contributed by atoms with van der Waals surface area (Å²) in [6.07, 6.45) is 0. The van der Waals surface area contributed by atoms with E-state index in [2.05, 4.69) is 10.0 Å². The molecule has 1 rings (SSSR count). The Kier molecular flexibility index (Phi) is 5.73. The van der Waals surface area contributed by atoms with Crippen molar-refractivity contribution in [2.24, 2.45) is 5.73 Å². The molecule has 1 unspecified atom stereocenters. The minimum absolute atomic E-state index is 0.0489. The molecule has 4 N–H and O–H groups in total. The fraction of sp³-hybridized carbons (Fsp3) is 0.500. The molecule has 0 aliphatic rings. The molecule has 0 bridgehead atoms. The smallest absolute Gasteiger partial charge is 0.242 e. The molecule has 0 spiro atoms. The van der Waals surface area contributed by atoms with E-state index in [9.17, 15) is 13.2 Å². The van der Waals surface area contributed by atoms with Gasteiger partial charge in [0.15, 0.2) is 0 Å². The lowest BCUT2D eigenvalue weighted by Crippen LogP contribution is -2.38. The third-order valence-corrected chi connectivity index (χ3v) is 4.59. The number of hydrogen-bond donors (Lipinski definition) is 3. The van der Waals surface area contributed by atoms with Crippen LogP contribution in [0.15, 0.2) is 17.5 Å². The molecule has 6 nitrogen and oxygen atoms in total. The van der Waals surface area contributed by atoms with Crippen LogP contribution in [0.1, 0.15) is 17.8 Å². The molecule has 0 saturated carbocycles. The van der Waals surface area contributed by atoms with Gasteiger partial charge in [0.05, 0.1) is 5.75 Å². The van der Waals surface area contributed by atoms with Crippen LogP contribution >= 0.6 is 11.3 Å². The number of rotatable bonds is 7. The normalized spacial score (nSPS) is 13.2. The summed E-state index contributed by atoms with van der Waals surface area (Å²) in [4.78, 5) is 12.4. The van der Waals surface area contributed by atoms with Gasteiger partial charge in [-0.3, -0.25) is 4.79 Å². The molecule has 0 aliphatic carbocycles. The topological polar surface area (TPSA) is 101 Å². The molecule has 1 aromatic rings. The summed E-state index contributed by atoms with van der Waals surface area (Å²) >= 11 is 1.39. The van der Waals surface area contributed by atoms with Crippen LogP contribution < -0.4 is 15.8 Å². The fourth-order valence-corrected chi connectivity index (χ4v) is 2.99. The van der Waals surface area contributed by atoms with Gasteiger partial charge in [-0.1, -0.05) is 13.0 Å². The number of amides is 1. The number of hydrogen-bond acceptors (Lipinski definition) is 5. The van der Waals surface area contributed by atoms with Crippen LogP contribution in [0.5, 0.6) is 0 Å². The molecule has 0 radical (unpaired) electrons. The average Bonchev–Trinajstić information content (AvgIpc) is 2.80. The molecular formula is C10H17N3O3S2. The summed E-state index contributed by atoms with van der Waals surface area (Å²) in [6.45, 7) is 2.08. The molecule has 102 valence electrons. The molecule has 0 aromatic carbocycles. The SMILES string of the molecule is CCNS(=O)(=O)CCNC(=O)C(N)c1cccs1. The monoisotopic (exact) mass is 291 g/mol. The van der Waals surface area contributed by atoms with E-state index in [0.29, 0.717) is 6.54 Å². The number of nitrogens with two attached hydrogens (primary N) is 1. The first-order valence-corrected chi connectivity index (χ1v) is 8.03. The van der Waals surface area contributed by atoms with Crippen molar-refractivity contribution in [2.75, 3.05) is 18.8 Å². The van der Waals surface area contributed by atoms with Crippen molar-refractivity contribution < 1.29 is 13.2 Å². The van der Waals surface area contributed by atoms with Gasteiger partial charge in [-0.25, -0.2) is 13.1 Å². The van der Waals surface area contributed by atoms with Crippen molar-refractivity contribution >= 4 is 27.3 Å². The Morgan fingerprint density at radius 1 is 1.56 bits per heavy atom. The lowest BCUT2D eigenvalue weighted by Gasteiger charge is -2.10. The van der Waals surface area contributed by atoms with Gasteiger partial charge >= 0.3 is 0 Å². The second kappa shape index (κ2) is 6.83. The maximum atomic E-state index is 11.6. The summed E-state index contributed by atoms with van der Waals surface area (Å²) in [5.41, 5.74) is 5.72. The number of carbonyl (C=O) groups excluding carboxylic acids is 1. The zero-order chi connectivity index (χ0) is 13.6. The largest absolute Gasteiger partial charge is 0.353 e. The summed E-state index contributed by atoms with van der Waals surface area (Å²) < 4.78 is 25.0. The van der Waals surface area contributed by atoms with Gasteiger partial charge in [-0.05, 0) is 11.4 Å². The van der Waals surface area contributed by atoms with E-state index < -0.39 is 16.1 Å². The van der Waals surface area contributed by atoms with E-state index in [0.717, 1.165) is 4.88 Å². The van der Waals surface area contributed by atoms with Gasteiger partial charge in [0.2, 0.25) is 15.9 Å². The summed E-state index contributed by atoms with van der Waals surface area (Å²) in [5.74, 6) is -0.520. The van der Waals surface area contributed by atoms with Gasteiger partial charge < -0.3 is 11.1 Å². The molecule has 1 atom stereocenters. The van der Waals surface area contributed by atoms with Crippen LogP contribution in [0.2, 0.25) is 0 Å². The van der Waals surface area contributed by atoms with E-state index in [1.165, 1.54) is 11.3 Å². The lowest BCUT2D eigenvalue weighted by atomic mass is 10.2. The van der Waals surface area contributed by atoms with Crippen LogP contribution in [0.3, 0.4) is 0 Å². The molecule has 1 amide bonds. The van der Waals surface area contributed by atoms with E-state index >= 15 is 0 Å². The number of sulfonamides is 1. The summed E-state index contributed by atoms with van der Waals surface area (Å²) in [6, 6.07) is 2.83. The van der Waals surface area contributed by atoms with Gasteiger partial charge in [-0.2, -0.15) is 0 Å². The number of thiophene rings is 1. The predicted octanol–water partition coefficient (Wildman–Crippen LogP) is -0.197. The van der Waals surface area contributed by atoms with Crippen LogP contribution in [0, 0.1) is 0 Å². The molecule has 8 heteroatoms. The second-order valence-corrected chi connectivity index (χ2v) is 6.51. The first kappa shape index (κ1) is 15.1. The van der Waals surface area contributed by atoms with Crippen LogP contribution in [-0.4, -0.2) is 33.2 Å². The standard InChI is InChI=1S/C10H17N3O3S2/c1-2-13-18(15,16)7-5-12-10(14)9(11)8-4-3-6-17-8/h3-4,6,9,13H,2,5,7,11H2,1H3,(H,12,14). The Labute approximate surface area is 111 Å². The Balaban J connectivity index is 2.38. The van der Waals surface area contributed by atoms with Crippen molar-refractivity contribution in [1.82, 2.24) is 10.0 Å². The molecule has 0 aliphatic heterocycles. The zero-order valence-corrected chi connectivity index (χ0v) is 11.7. The van der Waals surface area contributed by atoms with Gasteiger partial charge in [0.25, 0.3) is 0 Å². The minimum atomic E-state index is -3.31. The third kappa shape index (κ3) is 4.73. The van der Waals surface area contributed by atoms with Gasteiger partial charge in [-0.15, -0.1) is 11.3 Å². The quantitative estimate of drug-likeness (QED) is 0.647. The van der Waals surface area contributed by atoms with E-state index in [1.807, 2.05) is 11.4 Å². The predicted molar refractivity (Wildman–Crippen MR) is 71.7 cm³/mol. The van der Waals surface area contributed by atoms with Gasteiger partial charge in [0, 0.05) is 18.0 Å². The highest BCUT2D eigenvalue weighted by Crippen LogP contribution is 2.16.